The molecule has 1 atom stereocenters. The number of carbonyl (C=O) groups excluding carboxylic acids is 2. The Balaban J connectivity index is 1.68. The van der Waals surface area contributed by atoms with E-state index < -0.39 is 29.4 Å². The van der Waals surface area contributed by atoms with Gasteiger partial charge in [-0.25, -0.2) is 13.8 Å². The number of aliphatic hydroxyl groups is 1. The number of ketones is 1. The van der Waals surface area contributed by atoms with Crippen LogP contribution in [-0.2, 0) is 9.59 Å². The lowest BCUT2D eigenvalue weighted by Gasteiger charge is -2.21. The monoisotopic (exact) mass is 512 g/mol. The van der Waals surface area contributed by atoms with Crippen molar-refractivity contribution in [3.05, 3.63) is 81.1 Å². The van der Waals surface area contributed by atoms with Gasteiger partial charge in [-0.15, -0.1) is 11.3 Å². The fourth-order valence-electron chi connectivity index (χ4n) is 4.06. The molecule has 178 valence electrons. The molecule has 2 aromatic heterocycles. The minimum atomic E-state index is -0.977. The van der Waals surface area contributed by atoms with Crippen LogP contribution < -0.4 is 9.64 Å². The number of amides is 1. The van der Waals surface area contributed by atoms with Crippen LogP contribution in [0.4, 0.5) is 13.9 Å². The van der Waals surface area contributed by atoms with Gasteiger partial charge in [0.1, 0.15) is 28.9 Å². The molecule has 1 fully saturated rings. The number of thiazole rings is 1. The molecule has 4 aromatic rings. The Morgan fingerprint density at radius 3 is 2.69 bits per heavy atom. The number of nitrogens with zero attached hydrogens (tertiary/aromatic N) is 2. The summed E-state index contributed by atoms with van der Waals surface area (Å²) < 4.78 is 33.8. The maximum absolute atomic E-state index is 14.3. The average Bonchev–Trinajstić information content (AvgIpc) is 3.54. The van der Waals surface area contributed by atoms with Gasteiger partial charge in [-0.3, -0.25) is 14.5 Å². The molecule has 2 aromatic carbocycles. The van der Waals surface area contributed by atoms with Crippen LogP contribution in [0.2, 0.25) is 0 Å². The van der Waals surface area contributed by atoms with Crippen molar-refractivity contribution in [3.8, 4) is 5.75 Å². The van der Waals surface area contributed by atoms with Gasteiger partial charge in [0.2, 0.25) is 0 Å². The molecule has 0 radical (unpaired) electrons. The third kappa shape index (κ3) is 3.88. The molecule has 1 aliphatic heterocycles. The fraction of sp³-hybridized carbons (Fsp3) is 0.160. The van der Waals surface area contributed by atoms with Crippen LogP contribution in [-0.4, -0.2) is 28.4 Å². The molecule has 5 rings (SSSR count). The van der Waals surface area contributed by atoms with Crippen molar-refractivity contribution in [2.75, 3.05) is 11.5 Å². The van der Waals surface area contributed by atoms with Crippen LogP contribution in [0.5, 0.6) is 5.75 Å². The van der Waals surface area contributed by atoms with Crippen LogP contribution in [0.3, 0.4) is 0 Å². The maximum atomic E-state index is 14.3. The van der Waals surface area contributed by atoms with E-state index in [0.29, 0.717) is 28.9 Å². The molecule has 10 heteroatoms. The minimum Gasteiger partial charge on any atom is -0.507 e. The minimum absolute atomic E-state index is 0.0342. The van der Waals surface area contributed by atoms with Gasteiger partial charge in [-0.1, -0.05) is 17.4 Å². The molecule has 0 bridgehead atoms. The van der Waals surface area contributed by atoms with Crippen molar-refractivity contribution in [2.45, 2.75) is 19.9 Å². The lowest BCUT2D eigenvalue weighted by molar-refractivity contribution is -0.132. The van der Waals surface area contributed by atoms with E-state index in [0.717, 1.165) is 27.9 Å². The first-order chi connectivity index (χ1) is 16.8. The molecular formula is C25H18F2N2O4S2. The quantitative estimate of drug-likeness (QED) is 0.203. The van der Waals surface area contributed by atoms with Crippen molar-refractivity contribution >= 4 is 55.5 Å². The highest BCUT2D eigenvalue weighted by Gasteiger charge is 2.48. The molecule has 0 saturated carbocycles. The SMILES string of the molecule is CCOc1ccc(/C(O)=C2\C(=O)C(=O)N(c3nc4c(F)cc(F)cc4s3)C2c2cccs2)cc1C. The number of hydrogen-bond donors (Lipinski definition) is 1. The van der Waals surface area contributed by atoms with Gasteiger partial charge in [0.25, 0.3) is 5.78 Å². The normalized spacial score (nSPS) is 17.5. The number of benzene rings is 2. The summed E-state index contributed by atoms with van der Waals surface area (Å²) in [6.07, 6.45) is 0. The number of halogens is 2. The number of hydrogen-bond acceptors (Lipinski definition) is 7. The second-order valence-electron chi connectivity index (χ2n) is 7.83. The van der Waals surface area contributed by atoms with Crippen LogP contribution in [0.25, 0.3) is 16.0 Å². The molecule has 6 nitrogen and oxygen atoms in total. The largest absolute Gasteiger partial charge is 0.507 e. The summed E-state index contributed by atoms with van der Waals surface area (Å²) in [7, 11) is 0. The Bertz CT molecular complexity index is 1510. The Hall–Kier alpha value is -3.63. The second-order valence-corrected chi connectivity index (χ2v) is 9.82. The van der Waals surface area contributed by atoms with E-state index in [1.807, 2.05) is 13.8 Å². The van der Waals surface area contributed by atoms with Gasteiger partial charge in [-0.05, 0) is 55.1 Å². The van der Waals surface area contributed by atoms with Crippen molar-refractivity contribution in [1.29, 1.82) is 0 Å². The number of fused-ring (bicyclic) bond motifs is 1. The molecule has 1 aliphatic rings. The van der Waals surface area contributed by atoms with Gasteiger partial charge in [0.05, 0.1) is 16.9 Å². The van der Waals surface area contributed by atoms with Crippen molar-refractivity contribution in [1.82, 2.24) is 4.98 Å². The number of carbonyl (C=O) groups is 2. The Labute approximate surface area is 206 Å². The highest BCUT2D eigenvalue weighted by atomic mass is 32.1. The lowest BCUT2D eigenvalue weighted by atomic mass is 9.99. The van der Waals surface area contributed by atoms with E-state index in [2.05, 4.69) is 4.98 Å². The molecule has 0 spiro atoms. The van der Waals surface area contributed by atoms with Crippen LogP contribution >= 0.6 is 22.7 Å². The van der Waals surface area contributed by atoms with Gasteiger partial charge in [0.15, 0.2) is 10.9 Å². The van der Waals surface area contributed by atoms with E-state index in [1.54, 1.807) is 35.7 Å². The lowest BCUT2D eigenvalue weighted by Crippen LogP contribution is -2.28. The summed E-state index contributed by atoms with van der Waals surface area (Å²) in [6, 6.07) is 9.33. The first-order valence-electron chi connectivity index (χ1n) is 10.6. The van der Waals surface area contributed by atoms with Gasteiger partial charge < -0.3 is 9.84 Å². The van der Waals surface area contributed by atoms with Crippen molar-refractivity contribution in [2.24, 2.45) is 0 Å². The summed E-state index contributed by atoms with van der Waals surface area (Å²) in [5, 5.41) is 13.0. The standard InChI is InChI=1S/C25H18F2N2O4S2/c1-3-33-16-7-6-13(9-12(16)2)22(30)19-21(17-5-4-8-34-17)29(24(32)23(19)31)25-28-20-15(27)10-14(26)11-18(20)35-25/h4-11,21,30H,3H2,1-2H3/b22-19+. The summed E-state index contributed by atoms with van der Waals surface area (Å²) in [5.74, 6) is -3.13. The second kappa shape index (κ2) is 8.86. The van der Waals surface area contributed by atoms with Gasteiger partial charge >= 0.3 is 5.91 Å². The third-order valence-corrected chi connectivity index (χ3v) is 7.54. The predicted octanol–water partition coefficient (Wildman–Crippen LogP) is 5.97. The van der Waals surface area contributed by atoms with E-state index in [1.165, 1.54) is 11.3 Å². The first kappa shape index (κ1) is 23.1. The van der Waals surface area contributed by atoms with Crippen LogP contribution in [0.1, 0.15) is 29.0 Å². The van der Waals surface area contributed by atoms with E-state index in [-0.39, 0.29) is 26.7 Å². The van der Waals surface area contributed by atoms with Crippen LogP contribution in [0.15, 0.2) is 53.4 Å². The Morgan fingerprint density at radius 2 is 2.00 bits per heavy atom. The number of rotatable bonds is 5. The summed E-state index contributed by atoms with van der Waals surface area (Å²) >= 11 is 2.19. The zero-order chi connectivity index (χ0) is 24.9. The third-order valence-electron chi connectivity index (χ3n) is 5.61. The zero-order valence-electron chi connectivity index (χ0n) is 18.5. The molecule has 0 aliphatic carbocycles. The summed E-state index contributed by atoms with van der Waals surface area (Å²) in [6.45, 7) is 4.15. The Kier molecular flexibility index (Phi) is 5.86. The first-order valence-corrected chi connectivity index (χ1v) is 12.3. The molecule has 3 heterocycles. The smallest absolute Gasteiger partial charge is 0.301 e. The summed E-state index contributed by atoms with van der Waals surface area (Å²) in [5.41, 5.74) is 0.900. The number of ether oxygens (including phenoxy) is 1. The van der Waals surface area contributed by atoms with Crippen molar-refractivity contribution < 1.29 is 28.2 Å². The Morgan fingerprint density at radius 1 is 1.20 bits per heavy atom. The zero-order valence-corrected chi connectivity index (χ0v) is 20.2. The van der Waals surface area contributed by atoms with Gasteiger partial charge in [-0.2, -0.15) is 0 Å². The van der Waals surface area contributed by atoms with Crippen molar-refractivity contribution in [3.63, 3.8) is 0 Å². The average molecular weight is 513 g/mol. The molecule has 35 heavy (non-hydrogen) atoms. The van der Waals surface area contributed by atoms with Crippen LogP contribution in [0, 0.1) is 18.6 Å². The number of aromatic nitrogens is 1. The predicted molar refractivity (Wildman–Crippen MR) is 131 cm³/mol. The molecule has 1 saturated heterocycles. The molecule has 1 unspecified atom stereocenters. The number of aliphatic hydroxyl groups excluding tert-OH is 1. The highest BCUT2D eigenvalue weighted by molar-refractivity contribution is 7.22. The van der Waals surface area contributed by atoms with E-state index in [9.17, 15) is 23.5 Å². The molecule has 1 N–H and O–H groups in total. The van der Waals surface area contributed by atoms with E-state index in [4.69, 9.17) is 4.74 Å². The highest BCUT2D eigenvalue weighted by Crippen LogP contribution is 2.45. The topological polar surface area (TPSA) is 79.7 Å². The van der Waals surface area contributed by atoms with E-state index >= 15 is 0 Å². The fourth-order valence-corrected chi connectivity index (χ4v) is 5.92. The van der Waals surface area contributed by atoms with Gasteiger partial charge in [0, 0.05) is 16.5 Å². The molecular weight excluding hydrogens is 494 g/mol. The maximum Gasteiger partial charge on any atom is 0.301 e. The number of thiophene rings is 1. The summed E-state index contributed by atoms with van der Waals surface area (Å²) in [4.78, 5) is 32.4. The number of aryl methyl sites for hydroxylation is 1. The number of anilines is 1. The molecule has 1 amide bonds. The number of Topliss-reactive ketones (excluding diaryl/α,β-unsaturated/α-hetero) is 1.